The van der Waals surface area contributed by atoms with Crippen molar-refractivity contribution >= 4 is 27.3 Å². The zero-order valence-corrected chi connectivity index (χ0v) is 20.0. The number of likely N-dealkylation sites (N-methyl/N-ethyl adjacent to an activating group) is 1. The van der Waals surface area contributed by atoms with Gasteiger partial charge >= 0.3 is 0 Å². The molecule has 3 rings (SSSR count). The van der Waals surface area contributed by atoms with E-state index in [9.17, 15) is 17.6 Å². The molecule has 0 aliphatic heterocycles. The number of amides is 1. The van der Waals surface area contributed by atoms with E-state index >= 15 is 0 Å². The van der Waals surface area contributed by atoms with E-state index in [1.807, 2.05) is 49.2 Å². The molecule has 0 aromatic heterocycles. The first-order valence-electron chi connectivity index (χ1n) is 10.9. The molecule has 0 bridgehead atoms. The summed E-state index contributed by atoms with van der Waals surface area (Å²) in [5.41, 5.74) is 1.19. The summed E-state index contributed by atoms with van der Waals surface area (Å²) in [7, 11) is -2.19. The van der Waals surface area contributed by atoms with E-state index in [4.69, 9.17) is 4.74 Å². The number of nitrogens with zero attached hydrogens (tertiary/aromatic N) is 2. The summed E-state index contributed by atoms with van der Waals surface area (Å²) < 4.78 is 46.6. The summed E-state index contributed by atoms with van der Waals surface area (Å²) in [6, 6.07) is 20.6. The second-order valence-corrected chi connectivity index (χ2v) is 9.36. The normalized spacial score (nSPS) is 11.0. The number of carbonyl (C=O) groups excluding carboxylic acids is 1. The van der Waals surface area contributed by atoms with Crippen LogP contribution in [0.4, 0.5) is 15.8 Å². The number of para-hydroxylation sites is 1. The highest BCUT2D eigenvalue weighted by molar-refractivity contribution is 7.92. The molecule has 0 fully saturated rings. The van der Waals surface area contributed by atoms with E-state index in [2.05, 4.69) is 5.32 Å². The summed E-state index contributed by atoms with van der Waals surface area (Å²) in [4.78, 5) is 14.7. The Bertz CT molecular complexity index is 1170. The monoisotopic (exact) mass is 485 g/mol. The van der Waals surface area contributed by atoms with Gasteiger partial charge in [0.05, 0.1) is 17.2 Å². The number of ether oxygens (including phenoxy) is 1. The van der Waals surface area contributed by atoms with Crippen LogP contribution in [-0.4, -0.2) is 47.6 Å². The van der Waals surface area contributed by atoms with Gasteiger partial charge in [0.25, 0.3) is 10.0 Å². The standard InChI is InChI=1S/C25H28FN3O4S/c1-3-33-23-13-15-24(16-14-23)34(31,32)29(22-11-9-20(26)10-12-22)19-25(30)27-17-18-28(2)21-7-5-4-6-8-21/h4-16H,3,17-19H2,1-2H3,(H,27,30). The summed E-state index contributed by atoms with van der Waals surface area (Å²) in [6.07, 6.45) is 0. The van der Waals surface area contributed by atoms with Crippen molar-refractivity contribution in [1.29, 1.82) is 0 Å². The topological polar surface area (TPSA) is 79.0 Å². The molecule has 0 radical (unpaired) electrons. The lowest BCUT2D eigenvalue weighted by molar-refractivity contribution is -0.119. The second-order valence-electron chi connectivity index (χ2n) is 7.50. The van der Waals surface area contributed by atoms with Gasteiger partial charge in [-0.25, -0.2) is 12.8 Å². The van der Waals surface area contributed by atoms with E-state index in [-0.39, 0.29) is 10.6 Å². The zero-order valence-electron chi connectivity index (χ0n) is 19.1. The quantitative estimate of drug-likeness (QED) is 0.448. The Balaban J connectivity index is 1.74. The van der Waals surface area contributed by atoms with E-state index < -0.39 is 28.3 Å². The molecule has 0 unspecified atom stereocenters. The SMILES string of the molecule is CCOc1ccc(S(=O)(=O)N(CC(=O)NCCN(C)c2ccccc2)c2ccc(F)cc2)cc1. The van der Waals surface area contributed by atoms with Crippen LogP contribution in [0.1, 0.15) is 6.92 Å². The van der Waals surface area contributed by atoms with Crippen molar-refractivity contribution in [3.63, 3.8) is 0 Å². The fourth-order valence-electron chi connectivity index (χ4n) is 3.29. The molecule has 0 aliphatic carbocycles. The van der Waals surface area contributed by atoms with Crippen molar-refractivity contribution in [2.75, 3.05) is 42.5 Å². The third-order valence-corrected chi connectivity index (χ3v) is 6.88. The Morgan fingerprint density at radius 2 is 1.59 bits per heavy atom. The average molecular weight is 486 g/mol. The molecule has 9 heteroatoms. The Hall–Kier alpha value is -3.59. The Morgan fingerprint density at radius 1 is 0.941 bits per heavy atom. The first-order valence-corrected chi connectivity index (χ1v) is 12.3. The number of halogens is 1. The Labute approximate surface area is 199 Å². The van der Waals surface area contributed by atoms with Gasteiger partial charge in [0.2, 0.25) is 5.91 Å². The highest BCUT2D eigenvalue weighted by Gasteiger charge is 2.27. The molecule has 0 heterocycles. The summed E-state index contributed by atoms with van der Waals surface area (Å²) in [5.74, 6) is -0.439. The van der Waals surface area contributed by atoms with Gasteiger partial charge in [-0.15, -0.1) is 0 Å². The molecule has 0 spiro atoms. The van der Waals surface area contributed by atoms with Crippen molar-refractivity contribution in [2.45, 2.75) is 11.8 Å². The smallest absolute Gasteiger partial charge is 0.264 e. The third-order valence-electron chi connectivity index (χ3n) is 5.09. The van der Waals surface area contributed by atoms with Crippen LogP contribution < -0.4 is 19.3 Å². The lowest BCUT2D eigenvalue weighted by Crippen LogP contribution is -2.42. The number of benzene rings is 3. The minimum Gasteiger partial charge on any atom is -0.494 e. The molecular formula is C25H28FN3O4S. The molecule has 34 heavy (non-hydrogen) atoms. The number of nitrogens with one attached hydrogen (secondary N) is 1. The van der Waals surface area contributed by atoms with E-state index in [0.717, 1.165) is 22.1 Å². The summed E-state index contributed by atoms with van der Waals surface area (Å²) in [6.45, 7) is 2.70. The number of hydrogen-bond donors (Lipinski definition) is 1. The Kier molecular flexibility index (Phi) is 8.48. The molecule has 7 nitrogen and oxygen atoms in total. The highest BCUT2D eigenvalue weighted by Crippen LogP contribution is 2.25. The fraction of sp³-hybridized carbons (Fsp3) is 0.240. The maximum absolute atomic E-state index is 13.5. The second kappa shape index (κ2) is 11.5. The first-order chi connectivity index (χ1) is 16.3. The van der Waals surface area contributed by atoms with Crippen LogP contribution in [0.2, 0.25) is 0 Å². The van der Waals surface area contributed by atoms with Gasteiger partial charge < -0.3 is 15.0 Å². The minimum absolute atomic E-state index is 0.00288. The van der Waals surface area contributed by atoms with Gasteiger partial charge in [0.1, 0.15) is 18.1 Å². The van der Waals surface area contributed by atoms with Gasteiger partial charge in [-0.2, -0.15) is 0 Å². The highest BCUT2D eigenvalue weighted by atomic mass is 32.2. The van der Waals surface area contributed by atoms with Crippen LogP contribution in [0.15, 0.2) is 83.8 Å². The van der Waals surface area contributed by atoms with Gasteiger partial charge in [-0.3, -0.25) is 9.10 Å². The van der Waals surface area contributed by atoms with E-state index in [0.29, 0.717) is 25.4 Å². The van der Waals surface area contributed by atoms with Gasteiger partial charge in [0.15, 0.2) is 0 Å². The van der Waals surface area contributed by atoms with Crippen LogP contribution in [0, 0.1) is 5.82 Å². The van der Waals surface area contributed by atoms with E-state index in [1.165, 1.54) is 24.3 Å². The lowest BCUT2D eigenvalue weighted by Gasteiger charge is -2.25. The number of sulfonamides is 1. The van der Waals surface area contributed by atoms with Crippen molar-refractivity contribution in [1.82, 2.24) is 5.32 Å². The Morgan fingerprint density at radius 3 is 2.21 bits per heavy atom. The molecule has 180 valence electrons. The molecule has 1 N–H and O–H groups in total. The van der Waals surface area contributed by atoms with Crippen LogP contribution in [0.3, 0.4) is 0 Å². The summed E-state index contributed by atoms with van der Waals surface area (Å²) >= 11 is 0. The predicted molar refractivity (Wildman–Crippen MR) is 131 cm³/mol. The maximum atomic E-state index is 13.5. The van der Waals surface area contributed by atoms with Gasteiger partial charge in [-0.1, -0.05) is 18.2 Å². The van der Waals surface area contributed by atoms with Gasteiger partial charge in [-0.05, 0) is 67.6 Å². The molecule has 0 saturated carbocycles. The number of anilines is 2. The third kappa shape index (κ3) is 6.48. The van der Waals surface area contributed by atoms with Crippen LogP contribution >= 0.6 is 0 Å². The molecule has 1 amide bonds. The molecular weight excluding hydrogens is 457 g/mol. The molecule has 3 aromatic rings. The largest absolute Gasteiger partial charge is 0.494 e. The maximum Gasteiger partial charge on any atom is 0.264 e. The van der Waals surface area contributed by atoms with Crippen molar-refractivity contribution < 1.29 is 22.3 Å². The van der Waals surface area contributed by atoms with Crippen molar-refractivity contribution in [2.24, 2.45) is 0 Å². The van der Waals surface area contributed by atoms with Crippen LogP contribution in [-0.2, 0) is 14.8 Å². The molecule has 3 aromatic carbocycles. The number of carbonyl (C=O) groups is 1. The lowest BCUT2D eigenvalue weighted by atomic mass is 10.3. The zero-order chi connectivity index (χ0) is 24.6. The van der Waals surface area contributed by atoms with Crippen molar-refractivity contribution in [3.05, 3.63) is 84.7 Å². The first kappa shape index (κ1) is 25.0. The van der Waals surface area contributed by atoms with Crippen LogP contribution in [0.25, 0.3) is 0 Å². The van der Waals surface area contributed by atoms with E-state index in [1.54, 1.807) is 12.1 Å². The minimum atomic E-state index is -4.09. The summed E-state index contributed by atoms with van der Waals surface area (Å²) in [5, 5.41) is 2.76. The molecule has 0 aliphatic rings. The number of rotatable bonds is 11. The average Bonchev–Trinajstić information content (AvgIpc) is 2.84. The van der Waals surface area contributed by atoms with Gasteiger partial charge in [0, 0.05) is 25.8 Å². The number of hydrogen-bond acceptors (Lipinski definition) is 5. The van der Waals surface area contributed by atoms with Crippen LogP contribution in [0.5, 0.6) is 5.75 Å². The molecule has 0 atom stereocenters. The predicted octanol–water partition coefficient (Wildman–Crippen LogP) is 3.67. The fourth-order valence-corrected chi connectivity index (χ4v) is 4.71. The molecule has 0 saturated heterocycles. The van der Waals surface area contributed by atoms with Crippen molar-refractivity contribution in [3.8, 4) is 5.75 Å².